The van der Waals surface area contributed by atoms with Gasteiger partial charge in [0.05, 0.1) is 5.92 Å². The first-order valence-electron chi connectivity index (χ1n) is 7.66. The van der Waals surface area contributed by atoms with Crippen molar-refractivity contribution in [3.05, 3.63) is 34.3 Å². The molecule has 1 aromatic rings. The largest absolute Gasteiger partial charge is 0.296 e. The Balaban J connectivity index is 2.12. The molecule has 2 amide bonds. The van der Waals surface area contributed by atoms with E-state index in [1.165, 1.54) is 0 Å². The molecule has 1 saturated carbocycles. The Morgan fingerprint density at radius 3 is 2.81 bits per heavy atom. The zero-order chi connectivity index (χ0) is 15.0. The number of nitrogens with one attached hydrogen (secondary N) is 1. The minimum atomic E-state index is -0.224. The van der Waals surface area contributed by atoms with Crippen molar-refractivity contribution < 1.29 is 9.59 Å². The maximum Gasteiger partial charge on any atom is 0.234 e. The number of rotatable bonds is 2. The van der Waals surface area contributed by atoms with Crippen molar-refractivity contribution in [3.63, 3.8) is 0 Å². The van der Waals surface area contributed by atoms with Gasteiger partial charge in [-0.2, -0.15) is 0 Å². The molecule has 1 heterocycles. The van der Waals surface area contributed by atoms with Crippen molar-refractivity contribution in [2.24, 2.45) is 11.3 Å². The molecule has 0 radical (unpaired) electrons. The van der Waals surface area contributed by atoms with Crippen LogP contribution < -0.4 is 5.32 Å². The number of carbonyl (C=O) groups excluding carboxylic acids is 2. The number of benzene rings is 1. The number of carbonyl (C=O) groups is 2. The van der Waals surface area contributed by atoms with Gasteiger partial charge in [0.25, 0.3) is 0 Å². The minimum Gasteiger partial charge on any atom is -0.296 e. The Morgan fingerprint density at radius 2 is 2.10 bits per heavy atom. The van der Waals surface area contributed by atoms with Gasteiger partial charge in [-0.25, -0.2) is 0 Å². The summed E-state index contributed by atoms with van der Waals surface area (Å²) in [5.41, 5.74) is 0.820. The standard InChI is InChI=1S/C17H20BrNO2/c1-2-11-6-5-9-17(11)10-14(20)19-16(21)15(17)12-7-3-4-8-13(12)18/h3-4,7-8,11,15H,2,5-6,9-10H2,1H3,(H,19,20,21). The molecule has 0 aromatic heterocycles. The van der Waals surface area contributed by atoms with Crippen molar-refractivity contribution >= 4 is 27.7 Å². The summed E-state index contributed by atoms with van der Waals surface area (Å²) in [5.74, 6) is -0.00927. The molecule has 3 atom stereocenters. The molecular formula is C17H20BrNO2. The van der Waals surface area contributed by atoms with Crippen LogP contribution >= 0.6 is 15.9 Å². The Kier molecular flexibility index (Phi) is 3.91. The van der Waals surface area contributed by atoms with Crippen LogP contribution in [0, 0.1) is 11.3 Å². The summed E-state index contributed by atoms with van der Waals surface area (Å²) in [6.07, 6.45) is 4.71. The van der Waals surface area contributed by atoms with Gasteiger partial charge in [0.2, 0.25) is 11.8 Å². The van der Waals surface area contributed by atoms with Gasteiger partial charge in [-0.1, -0.05) is 53.9 Å². The van der Waals surface area contributed by atoms with E-state index in [-0.39, 0.29) is 23.1 Å². The highest BCUT2D eigenvalue weighted by molar-refractivity contribution is 9.10. The summed E-state index contributed by atoms with van der Waals surface area (Å²) in [4.78, 5) is 24.6. The Labute approximate surface area is 133 Å². The third-order valence-electron chi connectivity index (χ3n) is 5.31. The number of hydrogen-bond acceptors (Lipinski definition) is 2. The lowest BCUT2D eigenvalue weighted by atomic mass is 9.61. The molecule has 1 spiro atoms. The molecule has 4 heteroatoms. The molecular weight excluding hydrogens is 330 g/mol. The molecule has 1 aliphatic heterocycles. The second-order valence-corrected chi connectivity index (χ2v) is 7.13. The van der Waals surface area contributed by atoms with E-state index in [1.807, 2.05) is 24.3 Å². The monoisotopic (exact) mass is 349 g/mol. The Bertz CT molecular complexity index is 586. The third-order valence-corrected chi connectivity index (χ3v) is 6.03. The first-order valence-corrected chi connectivity index (χ1v) is 8.46. The van der Waals surface area contributed by atoms with Crippen LogP contribution in [0.1, 0.15) is 50.5 Å². The highest BCUT2D eigenvalue weighted by atomic mass is 79.9. The average Bonchev–Trinajstić information content (AvgIpc) is 2.82. The van der Waals surface area contributed by atoms with Crippen molar-refractivity contribution in [1.29, 1.82) is 0 Å². The van der Waals surface area contributed by atoms with Crippen LogP contribution in [-0.4, -0.2) is 11.8 Å². The lowest BCUT2D eigenvalue weighted by Gasteiger charge is -2.44. The predicted octanol–water partition coefficient (Wildman–Crippen LogP) is 3.78. The summed E-state index contributed by atoms with van der Waals surface area (Å²) in [5, 5.41) is 2.55. The number of halogens is 1. The molecule has 2 aliphatic rings. The predicted molar refractivity (Wildman–Crippen MR) is 84.7 cm³/mol. The van der Waals surface area contributed by atoms with Crippen LogP contribution in [0.2, 0.25) is 0 Å². The van der Waals surface area contributed by atoms with E-state index >= 15 is 0 Å². The van der Waals surface area contributed by atoms with Gasteiger partial charge in [0.1, 0.15) is 0 Å². The van der Waals surface area contributed by atoms with Gasteiger partial charge in [0, 0.05) is 10.9 Å². The lowest BCUT2D eigenvalue weighted by molar-refractivity contribution is -0.141. The number of amides is 2. The molecule has 3 nitrogen and oxygen atoms in total. The molecule has 0 bridgehead atoms. The van der Waals surface area contributed by atoms with Crippen LogP contribution in [0.3, 0.4) is 0 Å². The summed E-state index contributed by atoms with van der Waals surface area (Å²) >= 11 is 3.58. The zero-order valence-corrected chi connectivity index (χ0v) is 13.8. The van der Waals surface area contributed by atoms with Gasteiger partial charge < -0.3 is 0 Å². The second-order valence-electron chi connectivity index (χ2n) is 6.27. The van der Waals surface area contributed by atoms with Crippen LogP contribution in [0.5, 0.6) is 0 Å². The molecule has 1 aromatic carbocycles. The molecule has 1 N–H and O–H groups in total. The van der Waals surface area contributed by atoms with E-state index in [0.717, 1.165) is 35.7 Å². The maximum atomic E-state index is 12.6. The van der Waals surface area contributed by atoms with E-state index in [2.05, 4.69) is 28.2 Å². The van der Waals surface area contributed by atoms with E-state index in [9.17, 15) is 9.59 Å². The normalized spacial score (nSPS) is 32.5. The van der Waals surface area contributed by atoms with Crippen LogP contribution in [-0.2, 0) is 9.59 Å². The molecule has 3 unspecified atom stereocenters. The first kappa shape index (κ1) is 14.8. The first-order chi connectivity index (χ1) is 10.1. The molecule has 1 aliphatic carbocycles. The SMILES string of the molecule is CCC1CCCC12CC(=O)NC(=O)C2c1ccccc1Br. The van der Waals surface area contributed by atoms with Crippen LogP contribution in [0.25, 0.3) is 0 Å². The van der Waals surface area contributed by atoms with Gasteiger partial charge in [-0.05, 0) is 35.8 Å². The van der Waals surface area contributed by atoms with Gasteiger partial charge in [-0.3, -0.25) is 14.9 Å². The fourth-order valence-corrected chi connectivity index (χ4v) is 4.98. The summed E-state index contributed by atoms with van der Waals surface area (Å²) < 4.78 is 0.959. The molecule has 21 heavy (non-hydrogen) atoms. The average molecular weight is 350 g/mol. The molecule has 2 fully saturated rings. The summed E-state index contributed by atoms with van der Waals surface area (Å²) in [7, 11) is 0. The van der Waals surface area contributed by atoms with Crippen LogP contribution in [0.4, 0.5) is 0 Å². The smallest absolute Gasteiger partial charge is 0.234 e. The molecule has 1 saturated heterocycles. The summed E-state index contributed by atoms with van der Waals surface area (Å²) in [6.45, 7) is 2.17. The van der Waals surface area contributed by atoms with E-state index in [0.29, 0.717) is 12.3 Å². The van der Waals surface area contributed by atoms with Gasteiger partial charge in [-0.15, -0.1) is 0 Å². The number of piperidine rings is 1. The van der Waals surface area contributed by atoms with Crippen molar-refractivity contribution in [2.75, 3.05) is 0 Å². The van der Waals surface area contributed by atoms with Gasteiger partial charge >= 0.3 is 0 Å². The number of hydrogen-bond donors (Lipinski definition) is 1. The Hall–Kier alpha value is -1.16. The fourth-order valence-electron chi connectivity index (χ4n) is 4.47. The van der Waals surface area contributed by atoms with Gasteiger partial charge in [0.15, 0.2) is 0 Å². The van der Waals surface area contributed by atoms with Crippen molar-refractivity contribution in [1.82, 2.24) is 5.32 Å². The van der Waals surface area contributed by atoms with E-state index < -0.39 is 0 Å². The maximum absolute atomic E-state index is 12.6. The molecule has 3 rings (SSSR count). The van der Waals surface area contributed by atoms with Crippen LogP contribution in [0.15, 0.2) is 28.7 Å². The highest BCUT2D eigenvalue weighted by Gasteiger charge is 2.55. The minimum absolute atomic E-state index is 0.108. The summed E-state index contributed by atoms with van der Waals surface area (Å²) in [6, 6.07) is 7.91. The zero-order valence-electron chi connectivity index (χ0n) is 12.2. The van der Waals surface area contributed by atoms with Crippen molar-refractivity contribution in [3.8, 4) is 0 Å². The number of imide groups is 1. The second kappa shape index (κ2) is 5.56. The lowest BCUT2D eigenvalue weighted by Crippen LogP contribution is -2.52. The van der Waals surface area contributed by atoms with E-state index in [4.69, 9.17) is 0 Å². The Morgan fingerprint density at radius 1 is 1.33 bits per heavy atom. The quantitative estimate of drug-likeness (QED) is 0.826. The topological polar surface area (TPSA) is 46.2 Å². The van der Waals surface area contributed by atoms with Crippen molar-refractivity contribution in [2.45, 2.75) is 44.9 Å². The third kappa shape index (κ3) is 2.33. The molecule has 112 valence electrons. The fraction of sp³-hybridized carbons (Fsp3) is 0.529. The highest BCUT2D eigenvalue weighted by Crippen LogP contribution is 2.58. The van der Waals surface area contributed by atoms with E-state index in [1.54, 1.807) is 0 Å².